The molecule has 82 valence electrons. The van der Waals surface area contributed by atoms with Crippen LogP contribution in [0.3, 0.4) is 0 Å². The molecule has 0 spiro atoms. The van der Waals surface area contributed by atoms with E-state index in [0.717, 1.165) is 6.08 Å². The zero-order valence-corrected chi connectivity index (χ0v) is 8.30. The van der Waals surface area contributed by atoms with E-state index >= 15 is 0 Å². The zero-order chi connectivity index (χ0) is 11.7. The number of hydrogen-bond donors (Lipinski definition) is 1. The molecule has 0 aliphatic heterocycles. The molecular formula is C10H12O5. The van der Waals surface area contributed by atoms with Gasteiger partial charge in [0.05, 0.1) is 12.8 Å². The Morgan fingerprint density at radius 3 is 2.40 bits per heavy atom. The first-order chi connectivity index (χ1) is 7.06. The Balaban J connectivity index is 3.86. The van der Waals surface area contributed by atoms with Crippen LogP contribution >= 0.6 is 0 Å². The third-order valence-electron chi connectivity index (χ3n) is 1.29. The van der Waals surface area contributed by atoms with Crippen molar-refractivity contribution in [2.75, 3.05) is 0 Å². The van der Waals surface area contributed by atoms with E-state index < -0.39 is 17.9 Å². The van der Waals surface area contributed by atoms with Gasteiger partial charge < -0.3 is 9.84 Å². The number of carboxylic acids is 1. The average molecular weight is 212 g/mol. The molecule has 15 heavy (non-hydrogen) atoms. The van der Waals surface area contributed by atoms with Gasteiger partial charge in [0.15, 0.2) is 0 Å². The number of hydrogen-bond acceptors (Lipinski definition) is 4. The van der Waals surface area contributed by atoms with Gasteiger partial charge in [0.25, 0.3) is 0 Å². The number of carboxylic acid groups (broad SMARTS) is 1. The molecule has 0 amide bonds. The molecule has 0 aromatic heterocycles. The predicted molar refractivity (Wildman–Crippen MR) is 51.9 cm³/mol. The highest BCUT2D eigenvalue weighted by atomic mass is 16.6. The molecular weight excluding hydrogens is 200 g/mol. The fraction of sp³-hybridized carbons (Fsp3) is 0.300. The van der Waals surface area contributed by atoms with Crippen LogP contribution in [0.2, 0.25) is 0 Å². The summed E-state index contributed by atoms with van der Waals surface area (Å²) in [6.07, 6.45) is 5.16. The molecule has 0 bridgehead atoms. The van der Waals surface area contributed by atoms with Crippen LogP contribution < -0.4 is 0 Å². The van der Waals surface area contributed by atoms with E-state index in [4.69, 9.17) is 5.11 Å². The summed E-state index contributed by atoms with van der Waals surface area (Å²) in [6.45, 7) is 1.77. The molecule has 0 unspecified atom stereocenters. The van der Waals surface area contributed by atoms with Crippen molar-refractivity contribution in [1.29, 1.82) is 0 Å². The Morgan fingerprint density at radius 1 is 1.20 bits per heavy atom. The highest BCUT2D eigenvalue weighted by Gasteiger charge is 2.09. The minimum absolute atomic E-state index is 0.307. The van der Waals surface area contributed by atoms with E-state index in [0.29, 0.717) is 0 Å². The van der Waals surface area contributed by atoms with E-state index in [9.17, 15) is 14.4 Å². The number of carbonyl (C=O) groups is 3. The van der Waals surface area contributed by atoms with Crippen LogP contribution in [0, 0.1) is 0 Å². The molecule has 0 heterocycles. The summed E-state index contributed by atoms with van der Waals surface area (Å²) in [6, 6.07) is 0. The predicted octanol–water partition coefficient (Wildman–Crippen LogP) is 1.05. The Kier molecular flexibility index (Phi) is 6.54. The fourth-order valence-corrected chi connectivity index (χ4v) is 0.651. The van der Waals surface area contributed by atoms with Crippen molar-refractivity contribution in [3.8, 4) is 0 Å². The van der Waals surface area contributed by atoms with Crippen LogP contribution in [-0.4, -0.2) is 23.0 Å². The number of carbonyl (C=O) groups excluding carboxylic acids is 2. The van der Waals surface area contributed by atoms with E-state index in [1.807, 2.05) is 0 Å². The van der Waals surface area contributed by atoms with Gasteiger partial charge in [-0.05, 0) is 6.92 Å². The maximum Gasteiger partial charge on any atom is 0.338 e. The van der Waals surface area contributed by atoms with Gasteiger partial charge in [-0.25, -0.2) is 4.79 Å². The van der Waals surface area contributed by atoms with Crippen molar-refractivity contribution < 1.29 is 24.2 Å². The molecule has 5 nitrogen and oxygen atoms in total. The van der Waals surface area contributed by atoms with Crippen molar-refractivity contribution in [3.05, 3.63) is 24.3 Å². The van der Waals surface area contributed by atoms with Crippen LogP contribution in [0.25, 0.3) is 0 Å². The SMILES string of the molecule is CC=CC=CC(=O)OC(=O)CCC(=O)O. The molecule has 0 aliphatic carbocycles. The van der Waals surface area contributed by atoms with Gasteiger partial charge in [-0.15, -0.1) is 0 Å². The van der Waals surface area contributed by atoms with Gasteiger partial charge in [-0.2, -0.15) is 0 Å². The lowest BCUT2D eigenvalue weighted by Gasteiger charge is -1.96. The van der Waals surface area contributed by atoms with E-state index in [1.165, 1.54) is 6.08 Å². The highest BCUT2D eigenvalue weighted by molar-refractivity contribution is 5.92. The van der Waals surface area contributed by atoms with Crippen LogP contribution in [0.5, 0.6) is 0 Å². The lowest BCUT2D eigenvalue weighted by atomic mass is 10.3. The van der Waals surface area contributed by atoms with Gasteiger partial charge in [-0.3, -0.25) is 9.59 Å². The lowest BCUT2D eigenvalue weighted by molar-refractivity contribution is -0.157. The summed E-state index contributed by atoms with van der Waals surface area (Å²) in [5.74, 6) is -2.75. The third-order valence-corrected chi connectivity index (χ3v) is 1.29. The second kappa shape index (κ2) is 7.49. The van der Waals surface area contributed by atoms with Crippen molar-refractivity contribution in [2.45, 2.75) is 19.8 Å². The largest absolute Gasteiger partial charge is 0.481 e. The Labute approximate surface area is 87.0 Å². The molecule has 5 heteroatoms. The summed E-state index contributed by atoms with van der Waals surface area (Å²) in [5.41, 5.74) is 0. The molecule has 1 N–H and O–H groups in total. The zero-order valence-electron chi connectivity index (χ0n) is 8.30. The molecule has 0 radical (unpaired) electrons. The monoisotopic (exact) mass is 212 g/mol. The lowest BCUT2D eigenvalue weighted by Crippen LogP contribution is -2.11. The fourth-order valence-electron chi connectivity index (χ4n) is 0.651. The van der Waals surface area contributed by atoms with E-state index in [-0.39, 0.29) is 12.8 Å². The molecule has 0 fully saturated rings. The van der Waals surface area contributed by atoms with Crippen molar-refractivity contribution in [1.82, 2.24) is 0 Å². The van der Waals surface area contributed by atoms with Gasteiger partial charge in [-0.1, -0.05) is 18.2 Å². The second-order valence-corrected chi connectivity index (χ2v) is 2.57. The molecule has 0 aromatic rings. The molecule has 0 rings (SSSR count). The smallest absolute Gasteiger partial charge is 0.338 e. The summed E-state index contributed by atoms with van der Waals surface area (Å²) >= 11 is 0. The Hall–Kier alpha value is -1.91. The summed E-state index contributed by atoms with van der Waals surface area (Å²) in [5, 5.41) is 8.25. The van der Waals surface area contributed by atoms with Crippen LogP contribution in [0.1, 0.15) is 19.8 Å². The van der Waals surface area contributed by atoms with E-state index in [2.05, 4.69) is 4.74 Å². The number of esters is 2. The van der Waals surface area contributed by atoms with Crippen LogP contribution in [-0.2, 0) is 19.1 Å². The second-order valence-electron chi connectivity index (χ2n) is 2.57. The molecule has 0 aromatic carbocycles. The number of allylic oxidation sites excluding steroid dienone is 3. The Bertz CT molecular complexity index is 301. The summed E-state index contributed by atoms with van der Waals surface area (Å²) in [7, 11) is 0. The van der Waals surface area contributed by atoms with Crippen molar-refractivity contribution in [3.63, 3.8) is 0 Å². The number of rotatable bonds is 5. The third kappa shape index (κ3) is 8.42. The first-order valence-corrected chi connectivity index (χ1v) is 4.32. The quantitative estimate of drug-likeness (QED) is 0.319. The summed E-state index contributed by atoms with van der Waals surface area (Å²) in [4.78, 5) is 31.8. The van der Waals surface area contributed by atoms with Crippen molar-refractivity contribution >= 4 is 17.9 Å². The topological polar surface area (TPSA) is 80.7 Å². The minimum atomic E-state index is -1.11. The molecule has 0 saturated heterocycles. The van der Waals surface area contributed by atoms with Gasteiger partial charge in [0, 0.05) is 6.08 Å². The first kappa shape index (κ1) is 13.1. The van der Waals surface area contributed by atoms with Gasteiger partial charge >= 0.3 is 17.9 Å². The number of aliphatic carboxylic acids is 1. The highest BCUT2D eigenvalue weighted by Crippen LogP contribution is 1.94. The van der Waals surface area contributed by atoms with Crippen LogP contribution in [0.4, 0.5) is 0 Å². The normalized spacial score (nSPS) is 10.7. The van der Waals surface area contributed by atoms with Gasteiger partial charge in [0.2, 0.25) is 0 Å². The summed E-state index contributed by atoms with van der Waals surface area (Å²) < 4.78 is 4.29. The maximum atomic E-state index is 10.9. The molecule has 0 atom stereocenters. The first-order valence-electron chi connectivity index (χ1n) is 4.32. The molecule has 0 saturated carbocycles. The molecule has 0 aliphatic rings. The minimum Gasteiger partial charge on any atom is -0.481 e. The number of ether oxygens (including phenoxy) is 1. The maximum absolute atomic E-state index is 10.9. The van der Waals surface area contributed by atoms with E-state index in [1.54, 1.807) is 19.1 Å². The van der Waals surface area contributed by atoms with Gasteiger partial charge in [0.1, 0.15) is 0 Å². The standard InChI is InChI=1S/C10H12O5/c1-2-3-4-5-9(13)15-10(14)7-6-8(11)12/h2-5H,6-7H2,1H3,(H,11,12). The Morgan fingerprint density at radius 2 is 1.87 bits per heavy atom. The van der Waals surface area contributed by atoms with Crippen molar-refractivity contribution in [2.24, 2.45) is 0 Å². The van der Waals surface area contributed by atoms with Crippen LogP contribution in [0.15, 0.2) is 24.3 Å². The average Bonchev–Trinajstić information content (AvgIpc) is 2.15.